The molecule has 0 unspecified atom stereocenters. The van der Waals surface area contributed by atoms with Gasteiger partial charge in [0.15, 0.2) is 0 Å². The van der Waals surface area contributed by atoms with Crippen molar-refractivity contribution < 1.29 is 4.79 Å². The van der Waals surface area contributed by atoms with E-state index in [1.165, 1.54) is 0 Å². The predicted molar refractivity (Wildman–Crippen MR) is 69.9 cm³/mol. The first-order chi connectivity index (χ1) is 7.91. The number of hydrogen-bond donors (Lipinski definition) is 1. The number of nitrogens with one attached hydrogen (secondary N) is 1. The fourth-order valence-electron chi connectivity index (χ4n) is 1.87. The van der Waals surface area contributed by atoms with E-state index in [1.54, 1.807) is 24.3 Å². The van der Waals surface area contributed by atoms with Gasteiger partial charge in [-0.2, -0.15) is 0 Å². The van der Waals surface area contributed by atoms with Crippen molar-refractivity contribution in [1.29, 1.82) is 0 Å². The lowest BCUT2D eigenvalue weighted by Gasteiger charge is -2.28. The molecule has 93 valence electrons. The van der Waals surface area contributed by atoms with Crippen LogP contribution in [0.5, 0.6) is 0 Å². The van der Waals surface area contributed by atoms with Crippen LogP contribution in [0, 0.1) is 11.5 Å². The van der Waals surface area contributed by atoms with Crippen LogP contribution >= 0.6 is 0 Å². The lowest BCUT2D eigenvalue weighted by Crippen LogP contribution is -2.39. The van der Waals surface area contributed by atoms with Gasteiger partial charge in [0.05, 0.1) is 0 Å². The number of rotatable bonds is 5. The Bertz CT molecular complexity index is 358. The molecule has 0 saturated heterocycles. The third kappa shape index (κ3) is 5.00. The minimum absolute atomic E-state index is 0.0224. The standard InChI is InChI=1S/C14H21N2O/c1-14(2,11-16(3)4)10-15-13(17)12-8-6-5-7-9-12/h6-9H,10-11H2,1-4H3,(H,15,17). The van der Waals surface area contributed by atoms with Crippen LogP contribution in [-0.4, -0.2) is 38.0 Å². The van der Waals surface area contributed by atoms with E-state index in [9.17, 15) is 4.79 Å². The van der Waals surface area contributed by atoms with E-state index in [0.717, 1.165) is 6.54 Å². The molecule has 1 aromatic rings. The van der Waals surface area contributed by atoms with Crippen molar-refractivity contribution in [3.05, 3.63) is 35.9 Å². The van der Waals surface area contributed by atoms with Crippen molar-refractivity contribution in [3.8, 4) is 0 Å². The molecule has 0 fully saturated rings. The average molecular weight is 233 g/mol. The van der Waals surface area contributed by atoms with Gasteiger partial charge in [0.25, 0.3) is 5.91 Å². The number of hydrogen-bond acceptors (Lipinski definition) is 2. The van der Waals surface area contributed by atoms with Gasteiger partial charge in [0, 0.05) is 18.7 Å². The Hall–Kier alpha value is -1.35. The Morgan fingerprint density at radius 3 is 2.47 bits per heavy atom. The smallest absolute Gasteiger partial charge is 0.251 e. The third-order valence-corrected chi connectivity index (χ3v) is 2.45. The van der Waals surface area contributed by atoms with Crippen molar-refractivity contribution in [2.75, 3.05) is 27.2 Å². The highest BCUT2D eigenvalue weighted by Crippen LogP contribution is 2.14. The fourth-order valence-corrected chi connectivity index (χ4v) is 1.87. The quantitative estimate of drug-likeness (QED) is 0.841. The molecular weight excluding hydrogens is 212 g/mol. The fraction of sp³-hybridized carbons (Fsp3) is 0.500. The molecule has 0 saturated carbocycles. The first-order valence-electron chi connectivity index (χ1n) is 5.80. The zero-order chi connectivity index (χ0) is 12.9. The van der Waals surface area contributed by atoms with E-state index >= 15 is 0 Å². The van der Waals surface area contributed by atoms with Crippen LogP contribution < -0.4 is 5.32 Å². The van der Waals surface area contributed by atoms with Crippen LogP contribution in [0.2, 0.25) is 0 Å². The van der Waals surface area contributed by atoms with Crippen molar-refractivity contribution >= 4 is 5.91 Å². The van der Waals surface area contributed by atoms with E-state index in [2.05, 4.69) is 30.1 Å². The second-order valence-electron chi connectivity index (χ2n) is 5.37. The molecule has 0 bridgehead atoms. The zero-order valence-corrected chi connectivity index (χ0v) is 11.1. The van der Waals surface area contributed by atoms with E-state index in [0.29, 0.717) is 12.1 Å². The summed E-state index contributed by atoms with van der Waals surface area (Å²) >= 11 is 0. The molecule has 1 amide bonds. The molecule has 3 heteroatoms. The molecule has 0 aliphatic heterocycles. The van der Waals surface area contributed by atoms with Gasteiger partial charge in [0.2, 0.25) is 0 Å². The van der Waals surface area contributed by atoms with Crippen molar-refractivity contribution in [3.63, 3.8) is 0 Å². The van der Waals surface area contributed by atoms with Gasteiger partial charge in [-0.25, -0.2) is 0 Å². The van der Waals surface area contributed by atoms with Crippen molar-refractivity contribution in [2.24, 2.45) is 5.41 Å². The molecule has 17 heavy (non-hydrogen) atoms. The molecule has 0 aliphatic carbocycles. The summed E-state index contributed by atoms with van der Waals surface area (Å²) < 4.78 is 0. The molecule has 0 aromatic heterocycles. The van der Waals surface area contributed by atoms with Crippen LogP contribution in [0.3, 0.4) is 0 Å². The Balaban J connectivity index is 2.48. The second kappa shape index (κ2) is 5.82. The van der Waals surface area contributed by atoms with Crippen LogP contribution in [0.25, 0.3) is 0 Å². The lowest BCUT2D eigenvalue weighted by molar-refractivity contribution is 0.0929. The van der Waals surface area contributed by atoms with Crippen LogP contribution in [0.1, 0.15) is 24.2 Å². The highest BCUT2D eigenvalue weighted by molar-refractivity contribution is 5.94. The van der Waals surface area contributed by atoms with Gasteiger partial charge in [-0.3, -0.25) is 4.79 Å². The summed E-state index contributed by atoms with van der Waals surface area (Å²) in [6.07, 6.45) is 0. The normalized spacial score (nSPS) is 11.6. The van der Waals surface area contributed by atoms with Crippen molar-refractivity contribution in [1.82, 2.24) is 10.2 Å². The Morgan fingerprint density at radius 2 is 1.94 bits per heavy atom. The molecule has 1 radical (unpaired) electrons. The monoisotopic (exact) mass is 233 g/mol. The van der Waals surface area contributed by atoms with Gasteiger partial charge in [0.1, 0.15) is 0 Å². The first kappa shape index (κ1) is 13.7. The summed E-state index contributed by atoms with van der Waals surface area (Å²) in [5, 5.41) is 2.97. The number of carbonyl (C=O) groups is 1. The van der Waals surface area contributed by atoms with Gasteiger partial charge < -0.3 is 10.2 Å². The molecule has 0 atom stereocenters. The summed E-state index contributed by atoms with van der Waals surface area (Å²) in [7, 11) is 4.08. The van der Waals surface area contributed by atoms with Gasteiger partial charge in [-0.15, -0.1) is 0 Å². The topological polar surface area (TPSA) is 32.3 Å². The molecule has 1 rings (SSSR count). The largest absolute Gasteiger partial charge is 0.351 e. The highest BCUT2D eigenvalue weighted by atomic mass is 16.1. The maximum atomic E-state index is 11.8. The SMILES string of the molecule is CN(C)CC(C)(C)CNC(=O)c1cc[c]cc1. The Labute approximate surface area is 104 Å². The average Bonchev–Trinajstić information content (AvgIpc) is 2.25. The molecule has 1 aromatic carbocycles. The third-order valence-electron chi connectivity index (χ3n) is 2.45. The van der Waals surface area contributed by atoms with Gasteiger partial charge in [-0.1, -0.05) is 26.0 Å². The summed E-state index contributed by atoms with van der Waals surface area (Å²) in [6, 6.07) is 9.94. The Morgan fingerprint density at radius 1 is 1.35 bits per heavy atom. The summed E-state index contributed by atoms with van der Waals surface area (Å²) in [5.41, 5.74) is 0.754. The van der Waals surface area contributed by atoms with E-state index in [-0.39, 0.29) is 11.3 Å². The molecule has 3 nitrogen and oxygen atoms in total. The van der Waals surface area contributed by atoms with Gasteiger partial charge >= 0.3 is 0 Å². The van der Waals surface area contributed by atoms with E-state index < -0.39 is 0 Å². The van der Waals surface area contributed by atoms with E-state index in [1.807, 2.05) is 14.1 Å². The van der Waals surface area contributed by atoms with Crippen LogP contribution in [0.4, 0.5) is 0 Å². The lowest BCUT2D eigenvalue weighted by atomic mass is 9.93. The number of nitrogens with zero attached hydrogens (tertiary/aromatic N) is 1. The molecule has 0 heterocycles. The minimum Gasteiger partial charge on any atom is -0.351 e. The Kier molecular flexibility index (Phi) is 4.70. The minimum atomic E-state index is -0.0224. The van der Waals surface area contributed by atoms with Crippen LogP contribution in [0.15, 0.2) is 24.3 Å². The highest BCUT2D eigenvalue weighted by Gasteiger charge is 2.19. The number of amides is 1. The molecule has 1 N–H and O–H groups in total. The predicted octanol–water partition coefficient (Wildman–Crippen LogP) is 1.80. The zero-order valence-electron chi connectivity index (χ0n) is 11.1. The maximum Gasteiger partial charge on any atom is 0.251 e. The number of benzene rings is 1. The number of carbonyl (C=O) groups excluding carboxylic acids is 1. The van der Waals surface area contributed by atoms with Crippen LogP contribution in [-0.2, 0) is 0 Å². The second-order valence-corrected chi connectivity index (χ2v) is 5.37. The molecular formula is C14H21N2O. The van der Waals surface area contributed by atoms with Gasteiger partial charge in [-0.05, 0) is 37.7 Å². The first-order valence-corrected chi connectivity index (χ1v) is 5.80. The van der Waals surface area contributed by atoms with E-state index in [4.69, 9.17) is 0 Å². The molecule has 0 aliphatic rings. The summed E-state index contributed by atoms with van der Waals surface area (Å²) in [5.74, 6) is -0.0224. The summed E-state index contributed by atoms with van der Waals surface area (Å²) in [6.45, 7) is 5.90. The van der Waals surface area contributed by atoms with Crippen molar-refractivity contribution in [2.45, 2.75) is 13.8 Å². The maximum absolute atomic E-state index is 11.8. The summed E-state index contributed by atoms with van der Waals surface area (Å²) in [4.78, 5) is 14.0. The molecule has 0 spiro atoms.